The number of anilines is 2. The quantitative estimate of drug-likeness (QED) is 0.106. The Morgan fingerprint density at radius 2 is 1.64 bits per heavy atom. The SMILES string of the molecule is C=CC(=O)OCCOC(=O)Nc1ccc(NC(=O)OCCC(C)(C)CCCCC(C)CCC)cc1C. The number of hydrogen-bond acceptors (Lipinski definition) is 6. The number of amides is 2. The Labute approximate surface area is 216 Å². The van der Waals surface area contributed by atoms with Gasteiger partial charge in [-0.05, 0) is 54.9 Å². The van der Waals surface area contributed by atoms with Crippen LogP contribution in [0.1, 0.15) is 78.2 Å². The molecule has 0 bridgehead atoms. The van der Waals surface area contributed by atoms with Crippen LogP contribution in [0, 0.1) is 18.3 Å². The van der Waals surface area contributed by atoms with Gasteiger partial charge in [0, 0.05) is 17.5 Å². The van der Waals surface area contributed by atoms with E-state index in [1.54, 1.807) is 25.1 Å². The number of benzene rings is 1. The van der Waals surface area contributed by atoms with Crippen LogP contribution in [0.5, 0.6) is 0 Å². The zero-order valence-corrected chi connectivity index (χ0v) is 22.6. The molecule has 0 fully saturated rings. The van der Waals surface area contributed by atoms with E-state index in [2.05, 4.69) is 44.9 Å². The fraction of sp³-hybridized carbons (Fsp3) is 0.607. The Morgan fingerprint density at radius 1 is 0.972 bits per heavy atom. The molecule has 0 saturated heterocycles. The molecule has 1 aromatic carbocycles. The fourth-order valence-electron chi connectivity index (χ4n) is 3.80. The molecule has 0 aliphatic heterocycles. The number of ether oxygens (including phenoxy) is 3. The third kappa shape index (κ3) is 13.8. The van der Waals surface area contributed by atoms with Crippen LogP contribution in [-0.2, 0) is 19.0 Å². The maximum absolute atomic E-state index is 12.2. The lowest BCUT2D eigenvalue weighted by atomic mass is 9.83. The van der Waals surface area contributed by atoms with Crippen molar-refractivity contribution in [1.82, 2.24) is 0 Å². The van der Waals surface area contributed by atoms with Crippen molar-refractivity contribution in [3.63, 3.8) is 0 Å². The maximum atomic E-state index is 12.2. The molecule has 1 atom stereocenters. The van der Waals surface area contributed by atoms with Crippen LogP contribution >= 0.6 is 0 Å². The van der Waals surface area contributed by atoms with Crippen LogP contribution < -0.4 is 10.6 Å². The van der Waals surface area contributed by atoms with E-state index >= 15 is 0 Å². The van der Waals surface area contributed by atoms with Gasteiger partial charge in [-0.3, -0.25) is 10.6 Å². The molecule has 0 radical (unpaired) electrons. The number of nitrogens with one attached hydrogen (secondary N) is 2. The Balaban J connectivity index is 2.34. The van der Waals surface area contributed by atoms with Gasteiger partial charge in [0.1, 0.15) is 13.2 Å². The Morgan fingerprint density at radius 3 is 2.31 bits per heavy atom. The van der Waals surface area contributed by atoms with Crippen LogP contribution in [0.15, 0.2) is 30.9 Å². The third-order valence-corrected chi connectivity index (χ3v) is 6.03. The molecule has 8 heteroatoms. The Kier molecular flexibility index (Phi) is 14.3. The second-order valence-corrected chi connectivity index (χ2v) is 9.98. The lowest BCUT2D eigenvalue weighted by molar-refractivity contribution is -0.138. The van der Waals surface area contributed by atoms with Gasteiger partial charge in [0.05, 0.1) is 6.61 Å². The van der Waals surface area contributed by atoms with Gasteiger partial charge in [-0.25, -0.2) is 14.4 Å². The second-order valence-electron chi connectivity index (χ2n) is 9.98. The first-order valence-electron chi connectivity index (χ1n) is 12.8. The molecule has 1 aromatic rings. The van der Waals surface area contributed by atoms with Gasteiger partial charge < -0.3 is 14.2 Å². The smallest absolute Gasteiger partial charge is 0.411 e. The van der Waals surface area contributed by atoms with E-state index in [0.717, 1.165) is 30.4 Å². The minimum Gasteiger partial charge on any atom is -0.459 e. The largest absolute Gasteiger partial charge is 0.459 e. The van der Waals surface area contributed by atoms with E-state index in [-0.39, 0.29) is 18.6 Å². The van der Waals surface area contributed by atoms with Crippen molar-refractivity contribution in [1.29, 1.82) is 0 Å². The molecule has 2 N–H and O–H groups in total. The van der Waals surface area contributed by atoms with E-state index in [9.17, 15) is 14.4 Å². The van der Waals surface area contributed by atoms with Gasteiger partial charge in [0.2, 0.25) is 0 Å². The number of carbonyl (C=O) groups is 3. The van der Waals surface area contributed by atoms with Crippen LogP contribution in [-0.4, -0.2) is 38.0 Å². The maximum Gasteiger partial charge on any atom is 0.411 e. The first kappa shape index (κ1) is 31.0. The first-order valence-corrected chi connectivity index (χ1v) is 12.8. The van der Waals surface area contributed by atoms with Gasteiger partial charge in [0.15, 0.2) is 0 Å². The summed E-state index contributed by atoms with van der Waals surface area (Å²) in [5, 5.41) is 5.33. The highest BCUT2D eigenvalue weighted by atomic mass is 16.6. The number of rotatable bonds is 16. The number of carbonyl (C=O) groups excluding carboxylic acids is 3. The lowest BCUT2D eigenvalue weighted by Crippen LogP contribution is -2.20. The van der Waals surface area contributed by atoms with E-state index in [1.165, 1.54) is 32.1 Å². The van der Waals surface area contributed by atoms with Crippen molar-refractivity contribution in [3.05, 3.63) is 36.4 Å². The predicted molar refractivity (Wildman–Crippen MR) is 143 cm³/mol. The van der Waals surface area contributed by atoms with Crippen molar-refractivity contribution in [2.75, 3.05) is 30.5 Å². The summed E-state index contributed by atoms with van der Waals surface area (Å²) >= 11 is 0. The number of hydrogen-bond donors (Lipinski definition) is 2. The molecular weight excluding hydrogens is 460 g/mol. The lowest BCUT2D eigenvalue weighted by Gasteiger charge is -2.24. The van der Waals surface area contributed by atoms with Crippen molar-refractivity contribution < 1.29 is 28.6 Å². The van der Waals surface area contributed by atoms with Crippen LogP contribution in [0.2, 0.25) is 0 Å². The summed E-state index contributed by atoms with van der Waals surface area (Å²) in [6, 6.07) is 5.06. The average Bonchev–Trinajstić information content (AvgIpc) is 2.81. The summed E-state index contributed by atoms with van der Waals surface area (Å²) in [4.78, 5) is 35.1. The zero-order valence-electron chi connectivity index (χ0n) is 22.6. The third-order valence-electron chi connectivity index (χ3n) is 6.03. The molecule has 0 aliphatic carbocycles. The molecule has 2 amide bonds. The van der Waals surface area contributed by atoms with E-state index in [4.69, 9.17) is 14.2 Å². The monoisotopic (exact) mass is 504 g/mol. The summed E-state index contributed by atoms with van der Waals surface area (Å²) in [6.45, 7) is 14.3. The van der Waals surface area contributed by atoms with Crippen molar-refractivity contribution in [2.45, 2.75) is 79.6 Å². The molecule has 0 saturated carbocycles. The standard InChI is InChI=1S/C28H44N2O6/c1-7-11-21(3)12-9-10-15-28(5,6)16-17-35-26(32)29-23-13-14-24(22(4)20-23)30-27(33)36-19-18-34-25(31)8-2/h8,13-14,20-21H,2,7,9-12,15-19H2,1,3-6H3,(H,29,32)(H,30,33). The minimum atomic E-state index is -0.675. The predicted octanol–water partition coefficient (Wildman–Crippen LogP) is 7.23. The molecule has 36 heavy (non-hydrogen) atoms. The average molecular weight is 505 g/mol. The summed E-state index contributed by atoms with van der Waals surface area (Å²) in [7, 11) is 0. The molecule has 0 aromatic heterocycles. The Hall–Kier alpha value is -3.03. The number of esters is 1. The van der Waals surface area contributed by atoms with Gasteiger partial charge in [-0.2, -0.15) is 0 Å². The van der Waals surface area contributed by atoms with E-state index in [0.29, 0.717) is 18.0 Å². The highest BCUT2D eigenvalue weighted by Gasteiger charge is 2.18. The van der Waals surface area contributed by atoms with Crippen LogP contribution in [0.4, 0.5) is 21.0 Å². The highest BCUT2D eigenvalue weighted by molar-refractivity contribution is 5.88. The molecule has 8 nitrogen and oxygen atoms in total. The van der Waals surface area contributed by atoms with Crippen LogP contribution in [0.3, 0.4) is 0 Å². The van der Waals surface area contributed by atoms with Crippen LogP contribution in [0.25, 0.3) is 0 Å². The molecule has 0 spiro atoms. The van der Waals surface area contributed by atoms with Gasteiger partial charge in [0.25, 0.3) is 0 Å². The van der Waals surface area contributed by atoms with Crippen molar-refractivity contribution in [2.24, 2.45) is 11.3 Å². The van der Waals surface area contributed by atoms with Gasteiger partial charge in [-0.15, -0.1) is 0 Å². The molecule has 0 aliphatic rings. The summed E-state index contributed by atoms with van der Waals surface area (Å²) in [5.41, 5.74) is 1.96. The first-order chi connectivity index (χ1) is 17.1. The summed E-state index contributed by atoms with van der Waals surface area (Å²) in [5.74, 6) is 0.219. The van der Waals surface area contributed by atoms with E-state index in [1.807, 2.05) is 0 Å². The fourth-order valence-corrected chi connectivity index (χ4v) is 3.80. The molecule has 0 heterocycles. The topological polar surface area (TPSA) is 103 Å². The second kappa shape index (κ2) is 16.6. The zero-order chi connectivity index (χ0) is 27.0. The minimum absolute atomic E-state index is 0.0578. The summed E-state index contributed by atoms with van der Waals surface area (Å²) in [6.07, 6.45) is 8.06. The van der Waals surface area contributed by atoms with Gasteiger partial charge >= 0.3 is 18.2 Å². The van der Waals surface area contributed by atoms with E-state index < -0.39 is 18.2 Å². The van der Waals surface area contributed by atoms with Crippen molar-refractivity contribution in [3.8, 4) is 0 Å². The molecule has 1 rings (SSSR count). The molecular formula is C28H44N2O6. The summed E-state index contributed by atoms with van der Waals surface area (Å²) < 4.78 is 15.1. The Bertz CT molecular complexity index is 852. The number of aryl methyl sites for hydroxylation is 1. The molecule has 1 unspecified atom stereocenters. The number of unbranched alkanes of at least 4 members (excludes halogenated alkanes) is 1. The highest BCUT2D eigenvalue weighted by Crippen LogP contribution is 2.29. The molecule has 202 valence electrons. The van der Waals surface area contributed by atoms with Crippen molar-refractivity contribution >= 4 is 29.5 Å². The normalized spacial score (nSPS) is 11.8. The van der Waals surface area contributed by atoms with Gasteiger partial charge in [-0.1, -0.05) is 66.4 Å².